The number of pyridine rings is 1. The molecular formula is C12H9N3O3. The van der Waals surface area contributed by atoms with Crippen LogP contribution in [0, 0.1) is 6.92 Å². The van der Waals surface area contributed by atoms with Crippen LogP contribution in [0.2, 0.25) is 0 Å². The molecule has 6 nitrogen and oxygen atoms in total. The van der Waals surface area contributed by atoms with Crippen molar-refractivity contribution < 1.29 is 14.3 Å². The first-order valence-corrected chi connectivity index (χ1v) is 5.28. The number of furan rings is 1. The fourth-order valence-electron chi connectivity index (χ4n) is 1.74. The van der Waals surface area contributed by atoms with Gasteiger partial charge in [0.1, 0.15) is 0 Å². The fourth-order valence-corrected chi connectivity index (χ4v) is 1.74. The Morgan fingerprint density at radius 1 is 1.50 bits per heavy atom. The van der Waals surface area contributed by atoms with Crippen molar-refractivity contribution in [1.82, 2.24) is 15.0 Å². The maximum atomic E-state index is 10.8. The first-order chi connectivity index (χ1) is 8.65. The van der Waals surface area contributed by atoms with E-state index in [1.807, 2.05) is 13.0 Å². The molecule has 90 valence electrons. The molecule has 0 amide bonds. The normalized spacial score (nSPS) is 10.9. The number of hydrogen-bond donors (Lipinski definition) is 2. The minimum atomic E-state index is -1.02. The summed E-state index contributed by atoms with van der Waals surface area (Å²) < 4.78 is 5.32. The Kier molecular flexibility index (Phi) is 2.16. The lowest BCUT2D eigenvalue weighted by Gasteiger charge is -1.91. The van der Waals surface area contributed by atoms with Crippen molar-refractivity contribution in [3.8, 4) is 11.6 Å². The van der Waals surface area contributed by atoms with Crippen LogP contribution in [0.4, 0.5) is 0 Å². The van der Waals surface area contributed by atoms with Gasteiger partial charge in [0.15, 0.2) is 17.2 Å². The van der Waals surface area contributed by atoms with Gasteiger partial charge in [0, 0.05) is 6.20 Å². The number of aryl methyl sites for hydroxylation is 1. The predicted molar refractivity (Wildman–Crippen MR) is 63.3 cm³/mol. The van der Waals surface area contributed by atoms with E-state index in [9.17, 15) is 4.79 Å². The number of carbonyl (C=O) groups is 1. The van der Waals surface area contributed by atoms with Crippen LogP contribution in [0.3, 0.4) is 0 Å². The Bertz CT molecular complexity index is 742. The smallest absolute Gasteiger partial charge is 0.337 e. The number of H-pyrrole nitrogens is 1. The quantitative estimate of drug-likeness (QED) is 0.720. The number of carboxylic acid groups (broad SMARTS) is 1. The van der Waals surface area contributed by atoms with Gasteiger partial charge in [-0.15, -0.1) is 0 Å². The van der Waals surface area contributed by atoms with E-state index in [-0.39, 0.29) is 5.56 Å². The summed E-state index contributed by atoms with van der Waals surface area (Å²) in [6, 6.07) is 3.33. The van der Waals surface area contributed by atoms with Gasteiger partial charge in [-0.25, -0.2) is 14.8 Å². The molecule has 0 spiro atoms. The van der Waals surface area contributed by atoms with Gasteiger partial charge < -0.3 is 14.5 Å². The average molecular weight is 243 g/mol. The number of fused-ring (bicyclic) bond motifs is 1. The predicted octanol–water partition coefficient (Wildman–Crippen LogP) is 2.22. The molecule has 0 saturated heterocycles. The molecule has 0 radical (unpaired) electrons. The highest BCUT2D eigenvalue weighted by Crippen LogP contribution is 2.23. The number of nitrogens with one attached hydrogen (secondary N) is 1. The summed E-state index contributed by atoms with van der Waals surface area (Å²) in [6.07, 6.45) is 2.86. The molecule has 0 fully saturated rings. The monoisotopic (exact) mass is 243 g/mol. The van der Waals surface area contributed by atoms with E-state index in [1.54, 1.807) is 6.26 Å². The van der Waals surface area contributed by atoms with Crippen LogP contribution in [-0.2, 0) is 0 Å². The highest BCUT2D eigenvalue weighted by Gasteiger charge is 2.13. The number of rotatable bonds is 2. The standard InChI is InChI=1S/C12H9N3O3/c1-6-2-3-18-9(6)11-14-8-4-7(12(16)17)5-13-10(8)15-11/h2-5H,1H3,(H,16,17)(H,13,14,15). The number of imidazole rings is 1. The number of aromatic nitrogens is 3. The number of aromatic amines is 1. The molecule has 0 aliphatic rings. The van der Waals surface area contributed by atoms with Gasteiger partial charge in [-0.3, -0.25) is 0 Å². The third-order valence-electron chi connectivity index (χ3n) is 2.66. The van der Waals surface area contributed by atoms with E-state index in [0.29, 0.717) is 22.7 Å². The van der Waals surface area contributed by atoms with E-state index in [0.717, 1.165) is 5.56 Å². The van der Waals surface area contributed by atoms with Gasteiger partial charge in [0.25, 0.3) is 0 Å². The molecule has 2 N–H and O–H groups in total. The first kappa shape index (κ1) is 10.5. The van der Waals surface area contributed by atoms with Crippen LogP contribution in [0.25, 0.3) is 22.7 Å². The van der Waals surface area contributed by atoms with Crippen molar-refractivity contribution in [1.29, 1.82) is 0 Å². The summed E-state index contributed by atoms with van der Waals surface area (Å²) in [7, 11) is 0. The highest BCUT2D eigenvalue weighted by atomic mass is 16.4. The van der Waals surface area contributed by atoms with E-state index in [4.69, 9.17) is 9.52 Å². The zero-order chi connectivity index (χ0) is 12.7. The maximum absolute atomic E-state index is 10.8. The second-order valence-electron chi connectivity index (χ2n) is 3.92. The molecule has 3 aromatic heterocycles. The van der Waals surface area contributed by atoms with Gasteiger partial charge in [0.05, 0.1) is 17.3 Å². The van der Waals surface area contributed by atoms with Crippen LogP contribution in [-0.4, -0.2) is 26.0 Å². The van der Waals surface area contributed by atoms with E-state index >= 15 is 0 Å². The van der Waals surface area contributed by atoms with Gasteiger partial charge in [-0.1, -0.05) is 0 Å². The van der Waals surface area contributed by atoms with Gasteiger partial charge in [-0.05, 0) is 24.6 Å². The molecule has 0 aliphatic heterocycles. The molecule has 18 heavy (non-hydrogen) atoms. The second-order valence-corrected chi connectivity index (χ2v) is 3.92. The molecule has 0 bridgehead atoms. The lowest BCUT2D eigenvalue weighted by atomic mass is 10.3. The Morgan fingerprint density at radius 2 is 2.33 bits per heavy atom. The molecule has 6 heteroatoms. The topological polar surface area (TPSA) is 92.0 Å². The molecule has 3 rings (SSSR count). The summed E-state index contributed by atoms with van der Waals surface area (Å²) in [5.41, 5.74) is 2.10. The molecule has 0 aliphatic carbocycles. The zero-order valence-corrected chi connectivity index (χ0v) is 9.47. The lowest BCUT2D eigenvalue weighted by molar-refractivity contribution is 0.0696. The number of aromatic carboxylic acids is 1. The summed E-state index contributed by atoms with van der Waals surface area (Å²) in [4.78, 5) is 22.1. The Balaban J connectivity index is 2.17. The summed E-state index contributed by atoms with van der Waals surface area (Å²) in [5, 5.41) is 8.89. The third-order valence-corrected chi connectivity index (χ3v) is 2.66. The van der Waals surface area contributed by atoms with Crippen LogP contribution >= 0.6 is 0 Å². The van der Waals surface area contributed by atoms with Crippen molar-refractivity contribution in [2.75, 3.05) is 0 Å². The minimum absolute atomic E-state index is 0.119. The van der Waals surface area contributed by atoms with Crippen LogP contribution < -0.4 is 0 Å². The molecule has 0 saturated carbocycles. The highest BCUT2D eigenvalue weighted by molar-refractivity contribution is 5.91. The molecule has 0 aromatic carbocycles. The molecule has 3 heterocycles. The SMILES string of the molecule is Cc1ccoc1-c1nc2ncc(C(=O)O)cc2[nH]1. The summed E-state index contributed by atoms with van der Waals surface area (Å²) >= 11 is 0. The van der Waals surface area contributed by atoms with E-state index < -0.39 is 5.97 Å². The van der Waals surface area contributed by atoms with Crippen molar-refractivity contribution in [2.45, 2.75) is 6.92 Å². The number of nitrogens with zero attached hydrogens (tertiary/aromatic N) is 2. The van der Waals surface area contributed by atoms with Crippen LogP contribution in [0.1, 0.15) is 15.9 Å². The van der Waals surface area contributed by atoms with Crippen LogP contribution in [0.5, 0.6) is 0 Å². The minimum Gasteiger partial charge on any atom is -0.478 e. The molecule has 0 unspecified atom stereocenters. The Labute approximate surface area is 101 Å². The lowest BCUT2D eigenvalue weighted by Crippen LogP contribution is -1.96. The van der Waals surface area contributed by atoms with Crippen molar-refractivity contribution >= 4 is 17.1 Å². The second kappa shape index (κ2) is 3.69. The first-order valence-electron chi connectivity index (χ1n) is 5.28. The summed E-state index contributed by atoms with van der Waals surface area (Å²) in [6.45, 7) is 1.90. The van der Waals surface area contributed by atoms with E-state index in [1.165, 1.54) is 12.3 Å². The summed E-state index contributed by atoms with van der Waals surface area (Å²) in [5.74, 6) is 0.155. The van der Waals surface area contributed by atoms with Crippen molar-refractivity contribution in [3.05, 3.63) is 35.7 Å². The number of hydrogen-bond acceptors (Lipinski definition) is 4. The van der Waals surface area contributed by atoms with Gasteiger partial charge >= 0.3 is 5.97 Å². The molecule has 3 aromatic rings. The fraction of sp³-hybridized carbons (Fsp3) is 0.0833. The Morgan fingerprint density at radius 3 is 3.00 bits per heavy atom. The van der Waals surface area contributed by atoms with Crippen molar-refractivity contribution in [2.24, 2.45) is 0 Å². The third kappa shape index (κ3) is 1.55. The van der Waals surface area contributed by atoms with Gasteiger partial charge in [-0.2, -0.15) is 0 Å². The largest absolute Gasteiger partial charge is 0.478 e. The molecule has 0 atom stereocenters. The maximum Gasteiger partial charge on any atom is 0.337 e. The number of carboxylic acids is 1. The van der Waals surface area contributed by atoms with E-state index in [2.05, 4.69) is 15.0 Å². The van der Waals surface area contributed by atoms with Crippen LogP contribution in [0.15, 0.2) is 29.0 Å². The van der Waals surface area contributed by atoms with Gasteiger partial charge in [0.2, 0.25) is 0 Å². The van der Waals surface area contributed by atoms with Crippen molar-refractivity contribution in [3.63, 3.8) is 0 Å². The Hall–Kier alpha value is -2.63. The average Bonchev–Trinajstić information content (AvgIpc) is 2.92. The zero-order valence-electron chi connectivity index (χ0n) is 9.47. The molecular weight excluding hydrogens is 234 g/mol.